The summed E-state index contributed by atoms with van der Waals surface area (Å²) < 4.78 is 29.0. The third-order valence-electron chi connectivity index (χ3n) is 3.70. The predicted molar refractivity (Wildman–Crippen MR) is 79.7 cm³/mol. The molecule has 1 aliphatic rings. The lowest BCUT2D eigenvalue weighted by molar-refractivity contribution is -0.138. The van der Waals surface area contributed by atoms with Gasteiger partial charge in [0.2, 0.25) is 0 Å². The average Bonchev–Trinajstić information content (AvgIpc) is 2.67. The van der Waals surface area contributed by atoms with Crippen molar-refractivity contribution >= 4 is 17.3 Å². The van der Waals surface area contributed by atoms with Crippen molar-refractivity contribution in [1.29, 1.82) is 0 Å². The Balaban J connectivity index is 2.45. The summed E-state index contributed by atoms with van der Waals surface area (Å²) in [5.41, 5.74) is 0.0321. The predicted octanol–water partition coefficient (Wildman–Crippen LogP) is 2.49. The fraction of sp³-hybridized carbons (Fsp3) is 0.533. The van der Waals surface area contributed by atoms with Crippen LogP contribution in [0.5, 0.6) is 0 Å². The van der Waals surface area contributed by atoms with Gasteiger partial charge in [0.05, 0.1) is 6.42 Å². The first kappa shape index (κ1) is 16.3. The van der Waals surface area contributed by atoms with Crippen LogP contribution in [-0.2, 0) is 28.1 Å². The summed E-state index contributed by atoms with van der Waals surface area (Å²) in [6, 6.07) is 4.73. The van der Waals surface area contributed by atoms with Crippen molar-refractivity contribution in [3.8, 4) is 0 Å². The normalized spacial score (nSPS) is 22.9. The summed E-state index contributed by atoms with van der Waals surface area (Å²) in [6.07, 6.45) is 0.717. The van der Waals surface area contributed by atoms with E-state index in [1.807, 2.05) is 0 Å². The molecule has 0 bridgehead atoms. The van der Waals surface area contributed by atoms with Crippen LogP contribution in [0, 0.1) is 5.82 Å². The van der Waals surface area contributed by atoms with E-state index in [1.165, 1.54) is 6.07 Å². The Labute approximate surface area is 127 Å². The number of nitrogens with one attached hydrogen (secondary N) is 1. The largest absolute Gasteiger partial charge is 0.598 e. The topological polar surface area (TPSA) is 72.4 Å². The molecule has 2 rings (SSSR count). The van der Waals surface area contributed by atoms with Crippen LogP contribution in [0.1, 0.15) is 44.7 Å². The highest BCUT2D eigenvalue weighted by Gasteiger charge is 2.47. The number of aliphatic carboxylic acids is 1. The van der Waals surface area contributed by atoms with Crippen molar-refractivity contribution in [3.05, 3.63) is 35.1 Å². The number of aryl methyl sites for hydroxylation is 1. The molecule has 116 valence electrons. The Hall–Kier alpha value is -1.11. The molecule has 2 atom stereocenters. The maximum atomic E-state index is 14.3. The van der Waals surface area contributed by atoms with E-state index < -0.39 is 33.4 Å². The molecule has 0 heterocycles. The molecule has 0 fully saturated rings. The maximum Gasteiger partial charge on any atom is 0.305 e. The van der Waals surface area contributed by atoms with Gasteiger partial charge in [-0.05, 0) is 45.2 Å². The number of hydrogen-bond acceptors (Lipinski definition) is 3. The Morgan fingerprint density at radius 1 is 1.52 bits per heavy atom. The first-order valence-corrected chi connectivity index (χ1v) is 8.00. The van der Waals surface area contributed by atoms with E-state index in [-0.39, 0.29) is 6.42 Å². The fourth-order valence-corrected chi connectivity index (χ4v) is 3.63. The van der Waals surface area contributed by atoms with Gasteiger partial charge in [-0.15, -0.1) is 4.72 Å². The molecule has 0 aromatic heterocycles. The van der Waals surface area contributed by atoms with E-state index in [0.29, 0.717) is 18.4 Å². The summed E-state index contributed by atoms with van der Waals surface area (Å²) in [4.78, 5) is 11.3. The molecule has 0 amide bonds. The zero-order valence-corrected chi connectivity index (χ0v) is 13.2. The van der Waals surface area contributed by atoms with Gasteiger partial charge in [0.25, 0.3) is 0 Å². The number of carbonyl (C=O) groups is 1. The molecule has 6 heteroatoms. The van der Waals surface area contributed by atoms with Crippen LogP contribution in [0.25, 0.3) is 0 Å². The zero-order valence-electron chi connectivity index (χ0n) is 12.4. The van der Waals surface area contributed by atoms with Crippen molar-refractivity contribution in [2.75, 3.05) is 0 Å². The average molecular weight is 313 g/mol. The lowest BCUT2D eigenvalue weighted by atomic mass is 9.89. The summed E-state index contributed by atoms with van der Waals surface area (Å²) in [7, 11) is 0. The van der Waals surface area contributed by atoms with Crippen LogP contribution < -0.4 is 4.72 Å². The SMILES string of the molecule is CC(C)(C)[S+]([O-])N[C@@]1(CC(=O)O)CCc2cccc(F)c21. The van der Waals surface area contributed by atoms with Gasteiger partial charge in [-0.25, -0.2) is 4.39 Å². The van der Waals surface area contributed by atoms with Gasteiger partial charge in [0.15, 0.2) is 0 Å². The summed E-state index contributed by atoms with van der Waals surface area (Å²) >= 11 is -1.48. The Morgan fingerprint density at radius 3 is 2.76 bits per heavy atom. The van der Waals surface area contributed by atoms with Crippen LogP contribution in [0.4, 0.5) is 4.39 Å². The number of fused-ring (bicyclic) bond motifs is 1. The molecule has 0 saturated heterocycles. The second-order valence-electron chi connectivity index (χ2n) is 6.41. The Morgan fingerprint density at radius 2 is 2.19 bits per heavy atom. The molecule has 21 heavy (non-hydrogen) atoms. The van der Waals surface area contributed by atoms with E-state index >= 15 is 0 Å². The molecule has 4 nitrogen and oxygen atoms in total. The summed E-state index contributed by atoms with van der Waals surface area (Å²) in [6.45, 7) is 5.38. The second kappa shape index (κ2) is 5.59. The minimum atomic E-state index is -1.48. The first-order valence-electron chi connectivity index (χ1n) is 6.85. The molecule has 1 unspecified atom stereocenters. The minimum absolute atomic E-state index is 0.289. The molecule has 1 aromatic carbocycles. The van der Waals surface area contributed by atoms with Gasteiger partial charge < -0.3 is 9.66 Å². The van der Waals surface area contributed by atoms with Crippen molar-refractivity contribution < 1.29 is 18.8 Å². The van der Waals surface area contributed by atoms with Crippen LogP contribution >= 0.6 is 0 Å². The molecule has 1 aromatic rings. The van der Waals surface area contributed by atoms with Crippen LogP contribution in [-0.4, -0.2) is 20.4 Å². The first-order chi connectivity index (χ1) is 9.66. The number of carboxylic acids is 1. The Bertz CT molecular complexity index is 558. The van der Waals surface area contributed by atoms with E-state index in [9.17, 15) is 18.8 Å². The number of hydrogen-bond donors (Lipinski definition) is 2. The van der Waals surface area contributed by atoms with Gasteiger partial charge in [-0.1, -0.05) is 12.1 Å². The monoisotopic (exact) mass is 313 g/mol. The van der Waals surface area contributed by atoms with Crippen molar-refractivity contribution in [1.82, 2.24) is 4.72 Å². The van der Waals surface area contributed by atoms with Crippen molar-refractivity contribution in [3.63, 3.8) is 0 Å². The molecule has 1 aliphatic carbocycles. The van der Waals surface area contributed by atoms with Gasteiger partial charge in [-0.3, -0.25) is 4.79 Å². The fourth-order valence-electron chi connectivity index (χ4n) is 2.69. The third-order valence-corrected chi connectivity index (χ3v) is 5.39. The zero-order chi connectivity index (χ0) is 15.8. The van der Waals surface area contributed by atoms with Gasteiger partial charge in [0.1, 0.15) is 16.1 Å². The molecule has 0 aliphatic heterocycles. The number of benzene rings is 1. The lowest BCUT2D eigenvalue weighted by Gasteiger charge is -2.34. The molecule has 0 spiro atoms. The van der Waals surface area contributed by atoms with Gasteiger partial charge in [-0.2, -0.15) is 0 Å². The Kier molecular flexibility index (Phi) is 4.33. The molecular weight excluding hydrogens is 293 g/mol. The quantitative estimate of drug-likeness (QED) is 0.838. The van der Waals surface area contributed by atoms with Gasteiger partial charge >= 0.3 is 5.97 Å². The smallest absolute Gasteiger partial charge is 0.305 e. The van der Waals surface area contributed by atoms with Crippen LogP contribution in [0.3, 0.4) is 0 Å². The third kappa shape index (κ3) is 3.22. The summed E-state index contributed by atoms with van der Waals surface area (Å²) in [5, 5.41) is 9.21. The highest BCUT2D eigenvalue weighted by molar-refractivity contribution is 7.90. The second-order valence-corrected chi connectivity index (χ2v) is 8.38. The van der Waals surface area contributed by atoms with E-state index in [4.69, 9.17) is 0 Å². The lowest BCUT2D eigenvalue weighted by Crippen LogP contribution is -2.51. The highest BCUT2D eigenvalue weighted by atomic mass is 32.2. The van der Waals surface area contributed by atoms with E-state index in [0.717, 1.165) is 5.56 Å². The standard InChI is InChI=1S/C15H20FNO3S/c1-14(2,3)21(20)17-15(9-12(18)19)8-7-10-5-4-6-11(16)13(10)15/h4-6,17H,7-9H2,1-3H3,(H,18,19)/t15-,21?/m1/s1. The number of rotatable bonds is 4. The molecule has 2 N–H and O–H groups in total. The van der Waals surface area contributed by atoms with Crippen molar-refractivity contribution in [2.24, 2.45) is 0 Å². The summed E-state index contributed by atoms with van der Waals surface area (Å²) in [5.74, 6) is -1.48. The molecule has 0 radical (unpaired) electrons. The van der Waals surface area contributed by atoms with Crippen LogP contribution in [0.15, 0.2) is 18.2 Å². The molecule has 0 saturated carbocycles. The molecular formula is C15H20FNO3S. The van der Waals surface area contributed by atoms with Gasteiger partial charge in [0, 0.05) is 16.9 Å². The van der Waals surface area contributed by atoms with Crippen LogP contribution in [0.2, 0.25) is 0 Å². The van der Waals surface area contributed by atoms with E-state index in [2.05, 4.69) is 4.72 Å². The maximum absolute atomic E-state index is 14.3. The van der Waals surface area contributed by atoms with Crippen molar-refractivity contribution in [2.45, 2.75) is 50.3 Å². The number of carboxylic acid groups (broad SMARTS) is 1. The highest BCUT2D eigenvalue weighted by Crippen LogP contribution is 2.42. The number of halogens is 1. The minimum Gasteiger partial charge on any atom is -0.598 e. The van der Waals surface area contributed by atoms with E-state index in [1.54, 1.807) is 32.9 Å².